The van der Waals surface area contributed by atoms with E-state index in [9.17, 15) is 13.6 Å². The molecule has 1 unspecified atom stereocenters. The van der Waals surface area contributed by atoms with E-state index in [2.05, 4.69) is 0 Å². The number of benzene rings is 2. The molecule has 3 rings (SSSR count). The Bertz CT molecular complexity index is 885. The Kier molecular flexibility index (Phi) is 3.29. The number of aryl methyl sites for hydroxylation is 1. The molecule has 3 aromatic rings. The van der Waals surface area contributed by atoms with Crippen molar-refractivity contribution in [3.05, 3.63) is 69.7 Å². The molecule has 0 aliphatic rings. The van der Waals surface area contributed by atoms with Crippen LogP contribution >= 0.6 is 11.6 Å². The molecule has 6 heteroatoms. The third-order valence-electron chi connectivity index (χ3n) is 3.36. The quantitative estimate of drug-likeness (QED) is 0.676. The summed E-state index contributed by atoms with van der Waals surface area (Å²) in [7, 11) is 1.58. The van der Waals surface area contributed by atoms with Crippen LogP contribution in [0.5, 0.6) is 0 Å². The number of rotatable bonds is 2. The number of alkyl halides is 1. The Balaban J connectivity index is 2.11. The summed E-state index contributed by atoms with van der Waals surface area (Å²) in [5.41, 5.74) is 1.51. The summed E-state index contributed by atoms with van der Waals surface area (Å²) in [6, 6.07) is 8.70. The van der Waals surface area contributed by atoms with Gasteiger partial charge in [0.25, 0.3) is 0 Å². The number of hydrogen-bond donors (Lipinski definition) is 0. The number of oxazole rings is 1. The minimum Gasteiger partial charge on any atom is -0.408 e. The number of hydrogen-bond acceptors (Lipinski definition) is 2. The monoisotopic (exact) mass is 309 g/mol. The lowest BCUT2D eigenvalue weighted by Crippen LogP contribution is -2.08. The summed E-state index contributed by atoms with van der Waals surface area (Å²) < 4.78 is 33.5. The van der Waals surface area contributed by atoms with Gasteiger partial charge in [-0.15, -0.1) is 11.6 Å². The Morgan fingerprint density at radius 3 is 2.76 bits per heavy atom. The standard InChI is InChI=1S/C15H10ClF2NO2/c1-19-11-6-5-8(7-12(11)21-15(19)20)13(16)9-3-2-4-10(17)14(9)18/h2-7,13H,1H3. The topological polar surface area (TPSA) is 35.1 Å². The van der Waals surface area contributed by atoms with Crippen molar-refractivity contribution in [1.82, 2.24) is 4.57 Å². The SMILES string of the molecule is Cn1c(=O)oc2cc(C(Cl)c3cccc(F)c3F)ccc21. The predicted octanol–water partition coefficient (Wildman–Crippen LogP) is 3.74. The van der Waals surface area contributed by atoms with Crippen LogP contribution in [0.15, 0.2) is 45.6 Å². The van der Waals surface area contributed by atoms with E-state index in [1.54, 1.807) is 25.2 Å². The average molecular weight is 310 g/mol. The van der Waals surface area contributed by atoms with Crippen molar-refractivity contribution in [2.45, 2.75) is 5.38 Å². The zero-order valence-electron chi connectivity index (χ0n) is 10.9. The second-order valence-electron chi connectivity index (χ2n) is 4.66. The van der Waals surface area contributed by atoms with Gasteiger partial charge in [0.15, 0.2) is 17.2 Å². The lowest BCUT2D eigenvalue weighted by Gasteiger charge is -2.11. The molecule has 1 atom stereocenters. The molecule has 0 saturated heterocycles. The van der Waals surface area contributed by atoms with Crippen LogP contribution in [-0.4, -0.2) is 4.57 Å². The fourth-order valence-electron chi connectivity index (χ4n) is 2.20. The normalized spacial score (nSPS) is 12.8. The number of fused-ring (bicyclic) bond motifs is 1. The molecule has 0 spiro atoms. The molecule has 0 saturated carbocycles. The van der Waals surface area contributed by atoms with E-state index in [1.165, 1.54) is 16.7 Å². The molecule has 21 heavy (non-hydrogen) atoms. The number of nitrogens with zero attached hydrogens (tertiary/aromatic N) is 1. The van der Waals surface area contributed by atoms with E-state index in [0.717, 1.165) is 6.07 Å². The lowest BCUT2D eigenvalue weighted by atomic mass is 10.0. The highest BCUT2D eigenvalue weighted by atomic mass is 35.5. The molecule has 1 heterocycles. The van der Waals surface area contributed by atoms with Crippen LogP contribution in [0, 0.1) is 11.6 Å². The van der Waals surface area contributed by atoms with Gasteiger partial charge in [-0.3, -0.25) is 4.57 Å². The highest BCUT2D eigenvalue weighted by Crippen LogP contribution is 2.32. The molecule has 0 aliphatic heterocycles. The average Bonchev–Trinajstić information content (AvgIpc) is 2.76. The molecule has 0 fully saturated rings. The largest absolute Gasteiger partial charge is 0.419 e. The maximum Gasteiger partial charge on any atom is 0.419 e. The predicted molar refractivity (Wildman–Crippen MR) is 75.5 cm³/mol. The van der Waals surface area contributed by atoms with Gasteiger partial charge < -0.3 is 4.42 Å². The van der Waals surface area contributed by atoms with Crippen LogP contribution in [-0.2, 0) is 7.05 Å². The molecule has 0 radical (unpaired) electrons. The molecule has 0 amide bonds. The molecule has 0 N–H and O–H groups in total. The van der Waals surface area contributed by atoms with Crippen molar-refractivity contribution in [2.75, 3.05) is 0 Å². The zero-order valence-corrected chi connectivity index (χ0v) is 11.7. The molecule has 3 nitrogen and oxygen atoms in total. The minimum absolute atomic E-state index is 0.0364. The highest BCUT2D eigenvalue weighted by molar-refractivity contribution is 6.22. The smallest absolute Gasteiger partial charge is 0.408 e. The molecular formula is C15H10ClF2NO2. The zero-order chi connectivity index (χ0) is 15.1. The van der Waals surface area contributed by atoms with E-state index in [-0.39, 0.29) is 5.56 Å². The van der Waals surface area contributed by atoms with Crippen molar-refractivity contribution in [3.8, 4) is 0 Å². The van der Waals surface area contributed by atoms with Crippen LogP contribution in [0.4, 0.5) is 8.78 Å². The lowest BCUT2D eigenvalue weighted by molar-refractivity contribution is 0.500. The first-order valence-electron chi connectivity index (χ1n) is 6.16. The molecule has 2 aromatic carbocycles. The highest BCUT2D eigenvalue weighted by Gasteiger charge is 2.19. The van der Waals surface area contributed by atoms with Crippen molar-refractivity contribution in [1.29, 1.82) is 0 Å². The van der Waals surface area contributed by atoms with Crippen LogP contribution in [0.25, 0.3) is 11.1 Å². The first-order valence-corrected chi connectivity index (χ1v) is 6.60. The second-order valence-corrected chi connectivity index (χ2v) is 5.10. The van der Waals surface area contributed by atoms with Crippen LogP contribution < -0.4 is 5.76 Å². The number of halogens is 3. The van der Waals surface area contributed by atoms with Gasteiger partial charge in [0.05, 0.1) is 10.9 Å². The van der Waals surface area contributed by atoms with Gasteiger partial charge in [0.1, 0.15) is 0 Å². The maximum absolute atomic E-state index is 13.8. The second kappa shape index (κ2) is 5.00. The van der Waals surface area contributed by atoms with Crippen molar-refractivity contribution in [3.63, 3.8) is 0 Å². The van der Waals surface area contributed by atoms with Crippen LogP contribution in [0.3, 0.4) is 0 Å². The maximum atomic E-state index is 13.8. The minimum atomic E-state index is -0.980. The Morgan fingerprint density at radius 1 is 1.24 bits per heavy atom. The molecule has 0 bridgehead atoms. The van der Waals surface area contributed by atoms with Gasteiger partial charge in [-0.25, -0.2) is 13.6 Å². The van der Waals surface area contributed by atoms with Gasteiger partial charge in [-0.2, -0.15) is 0 Å². The fourth-order valence-corrected chi connectivity index (χ4v) is 2.51. The third-order valence-corrected chi connectivity index (χ3v) is 3.85. The summed E-state index contributed by atoms with van der Waals surface area (Å²) in [6.45, 7) is 0. The summed E-state index contributed by atoms with van der Waals surface area (Å²) in [4.78, 5) is 11.4. The van der Waals surface area contributed by atoms with Crippen molar-refractivity contribution in [2.24, 2.45) is 7.05 Å². The van der Waals surface area contributed by atoms with E-state index in [0.29, 0.717) is 16.7 Å². The molecule has 108 valence electrons. The Morgan fingerprint density at radius 2 is 2.00 bits per heavy atom. The van der Waals surface area contributed by atoms with E-state index < -0.39 is 22.8 Å². The first-order chi connectivity index (χ1) is 9.99. The Hall–Kier alpha value is -2.14. The molecule has 1 aromatic heterocycles. The summed E-state index contributed by atoms with van der Waals surface area (Å²) in [5.74, 6) is -2.43. The van der Waals surface area contributed by atoms with E-state index >= 15 is 0 Å². The third kappa shape index (κ3) is 2.23. The van der Waals surface area contributed by atoms with E-state index in [4.69, 9.17) is 16.0 Å². The van der Waals surface area contributed by atoms with Gasteiger partial charge in [-0.1, -0.05) is 18.2 Å². The van der Waals surface area contributed by atoms with E-state index in [1.807, 2.05) is 0 Å². The molecule has 0 aliphatic carbocycles. The fraction of sp³-hybridized carbons (Fsp3) is 0.133. The summed E-state index contributed by atoms with van der Waals surface area (Å²) in [6.07, 6.45) is 0. The van der Waals surface area contributed by atoms with Gasteiger partial charge in [-0.05, 0) is 23.8 Å². The van der Waals surface area contributed by atoms with Crippen LogP contribution in [0.2, 0.25) is 0 Å². The van der Waals surface area contributed by atoms with Crippen LogP contribution in [0.1, 0.15) is 16.5 Å². The summed E-state index contributed by atoms with van der Waals surface area (Å²) in [5, 5.41) is -0.879. The summed E-state index contributed by atoms with van der Waals surface area (Å²) >= 11 is 6.22. The molecular weight excluding hydrogens is 300 g/mol. The first kappa shape index (κ1) is 13.8. The van der Waals surface area contributed by atoms with Gasteiger partial charge >= 0.3 is 5.76 Å². The Labute approximate surface area is 123 Å². The number of aromatic nitrogens is 1. The van der Waals surface area contributed by atoms with Gasteiger partial charge in [0.2, 0.25) is 0 Å². The van der Waals surface area contributed by atoms with Gasteiger partial charge in [0, 0.05) is 12.6 Å². The van der Waals surface area contributed by atoms with Crippen molar-refractivity contribution >= 4 is 22.7 Å². The van der Waals surface area contributed by atoms with Crippen molar-refractivity contribution < 1.29 is 13.2 Å².